The maximum Gasteiger partial charge on any atom is 0.233 e. The van der Waals surface area contributed by atoms with Gasteiger partial charge in [0.15, 0.2) is 5.16 Å². The molecule has 2 aromatic rings. The Bertz CT molecular complexity index is 892. The summed E-state index contributed by atoms with van der Waals surface area (Å²) >= 11 is 7.42. The Kier molecular flexibility index (Phi) is 6.03. The number of ether oxygens (including phenoxy) is 1. The van der Waals surface area contributed by atoms with Gasteiger partial charge in [0, 0.05) is 25.2 Å². The lowest BCUT2D eigenvalue weighted by Gasteiger charge is -2.35. The first-order chi connectivity index (χ1) is 13.9. The quantitative estimate of drug-likeness (QED) is 0.725. The van der Waals surface area contributed by atoms with E-state index in [1.54, 1.807) is 17.0 Å². The Morgan fingerprint density at radius 2 is 2.10 bits per heavy atom. The minimum Gasteiger partial charge on any atom is -0.487 e. The Morgan fingerprint density at radius 1 is 1.34 bits per heavy atom. The number of aromatic nitrogens is 3. The number of thioether (sulfide) groups is 1. The Balaban J connectivity index is 1.34. The third-order valence-corrected chi connectivity index (χ3v) is 7.10. The standard InChI is InChI=1S/C20H25ClN4O3S/c1-12-5-15(21)3-4-17(12)28-18-7-14-9-25(8-13(14)6-16(18)26)19(27)10-29-20-23-22-11-24(20)2/h3-5,11,13-14,16,18,26H,6-10H2,1-2H3/t13-,14+,16+,18+/m0/s1. The van der Waals surface area contributed by atoms with E-state index in [2.05, 4.69) is 10.2 Å². The molecule has 0 spiro atoms. The molecule has 1 saturated heterocycles. The molecule has 1 aromatic heterocycles. The largest absolute Gasteiger partial charge is 0.487 e. The second-order valence-corrected chi connectivity index (χ2v) is 9.32. The molecule has 0 unspecified atom stereocenters. The molecule has 7 nitrogen and oxygen atoms in total. The zero-order valence-corrected chi connectivity index (χ0v) is 18.1. The highest BCUT2D eigenvalue weighted by Crippen LogP contribution is 2.38. The van der Waals surface area contributed by atoms with Gasteiger partial charge in [0.05, 0.1) is 11.9 Å². The molecule has 0 radical (unpaired) electrons. The average molecular weight is 437 g/mol. The predicted molar refractivity (Wildman–Crippen MR) is 111 cm³/mol. The lowest BCUT2D eigenvalue weighted by atomic mass is 9.78. The molecule has 1 saturated carbocycles. The number of carbonyl (C=O) groups is 1. The van der Waals surface area contributed by atoms with Gasteiger partial charge in [-0.05, 0) is 55.4 Å². The lowest BCUT2D eigenvalue weighted by molar-refractivity contribution is -0.127. The van der Waals surface area contributed by atoms with E-state index in [-0.39, 0.29) is 12.0 Å². The maximum absolute atomic E-state index is 12.7. The summed E-state index contributed by atoms with van der Waals surface area (Å²) in [6, 6.07) is 5.51. The van der Waals surface area contributed by atoms with Gasteiger partial charge in [-0.15, -0.1) is 10.2 Å². The predicted octanol–water partition coefficient (Wildman–Crippen LogP) is 2.55. The molecule has 4 rings (SSSR count). The molecule has 1 amide bonds. The van der Waals surface area contributed by atoms with Crippen molar-refractivity contribution in [1.82, 2.24) is 19.7 Å². The van der Waals surface area contributed by atoms with Crippen molar-refractivity contribution in [1.29, 1.82) is 0 Å². The summed E-state index contributed by atoms with van der Waals surface area (Å²) in [6.45, 7) is 3.37. The van der Waals surface area contributed by atoms with Crippen LogP contribution in [0.4, 0.5) is 0 Å². The number of halogens is 1. The molecule has 1 aliphatic heterocycles. The first-order valence-electron chi connectivity index (χ1n) is 9.76. The molecule has 1 aromatic carbocycles. The average Bonchev–Trinajstić information content (AvgIpc) is 3.27. The number of likely N-dealkylation sites (tertiary alicyclic amines) is 1. The van der Waals surface area contributed by atoms with E-state index in [0.717, 1.165) is 29.4 Å². The molecule has 156 valence electrons. The zero-order valence-electron chi connectivity index (χ0n) is 16.5. The van der Waals surface area contributed by atoms with E-state index in [9.17, 15) is 9.90 Å². The topological polar surface area (TPSA) is 80.5 Å². The van der Waals surface area contributed by atoms with Crippen LogP contribution >= 0.6 is 23.4 Å². The van der Waals surface area contributed by atoms with Gasteiger partial charge in [0.25, 0.3) is 0 Å². The third-order valence-electron chi connectivity index (χ3n) is 5.85. The maximum atomic E-state index is 12.7. The highest BCUT2D eigenvalue weighted by Gasteiger charge is 2.43. The van der Waals surface area contributed by atoms with E-state index < -0.39 is 6.10 Å². The normalized spacial score (nSPS) is 26.4. The number of hydrogen-bond acceptors (Lipinski definition) is 6. The first kappa shape index (κ1) is 20.5. The summed E-state index contributed by atoms with van der Waals surface area (Å²) in [5.41, 5.74) is 0.954. The molecule has 1 N–H and O–H groups in total. The van der Waals surface area contributed by atoms with E-state index in [1.165, 1.54) is 11.8 Å². The van der Waals surface area contributed by atoms with E-state index in [0.29, 0.717) is 35.6 Å². The Labute approximate surface area is 179 Å². The minimum atomic E-state index is -0.533. The summed E-state index contributed by atoms with van der Waals surface area (Å²) in [4.78, 5) is 14.6. The summed E-state index contributed by atoms with van der Waals surface area (Å²) in [5, 5.41) is 19.9. The van der Waals surface area contributed by atoms with Crippen LogP contribution in [0.15, 0.2) is 29.7 Å². The van der Waals surface area contributed by atoms with Gasteiger partial charge < -0.3 is 19.3 Å². The van der Waals surface area contributed by atoms with Crippen LogP contribution in [0.5, 0.6) is 5.75 Å². The zero-order chi connectivity index (χ0) is 20.5. The van der Waals surface area contributed by atoms with Crippen LogP contribution in [0.2, 0.25) is 5.02 Å². The molecule has 29 heavy (non-hydrogen) atoms. The van der Waals surface area contributed by atoms with Crippen LogP contribution in [0.25, 0.3) is 0 Å². The van der Waals surface area contributed by atoms with Crippen molar-refractivity contribution in [3.63, 3.8) is 0 Å². The molecule has 1 aliphatic carbocycles. The highest BCUT2D eigenvalue weighted by molar-refractivity contribution is 7.99. The number of carbonyl (C=O) groups excluding carboxylic acids is 1. The van der Waals surface area contributed by atoms with Gasteiger partial charge >= 0.3 is 0 Å². The fraction of sp³-hybridized carbons (Fsp3) is 0.550. The molecule has 2 heterocycles. The minimum absolute atomic E-state index is 0.105. The van der Waals surface area contributed by atoms with Crippen LogP contribution in [0.1, 0.15) is 18.4 Å². The van der Waals surface area contributed by atoms with E-state index in [4.69, 9.17) is 16.3 Å². The summed E-state index contributed by atoms with van der Waals surface area (Å²) < 4.78 is 7.94. The second kappa shape index (κ2) is 8.53. The highest BCUT2D eigenvalue weighted by atomic mass is 35.5. The van der Waals surface area contributed by atoms with Crippen molar-refractivity contribution in [3.8, 4) is 5.75 Å². The van der Waals surface area contributed by atoms with Crippen LogP contribution in [-0.4, -0.2) is 61.7 Å². The fourth-order valence-electron chi connectivity index (χ4n) is 4.25. The van der Waals surface area contributed by atoms with Gasteiger partial charge in [-0.1, -0.05) is 23.4 Å². The molecular weight excluding hydrogens is 412 g/mol. The lowest BCUT2D eigenvalue weighted by Crippen LogP contribution is -2.42. The first-order valence-corrected chi connectivity index (χ1v) is 11.1. The number of nitrogens with zero attached hydrogens (tertiary/aromatic N) is 4. The van der Waals surface area contributed by atoms with E-state index in [1.807, 2.05) is 31.0 Å². The number of benzene rings is 1. The number of amides is 1. The molecule has 9 heteroatoms. The van der Waals surface area contributed by atoms with Crippen LogP contribution in [-0.2, 0) is 11.8 Å². The van der Waals surface area contributed by atoms with Gasteiger partial charge in [-0.25, -0.2) is 0 Å². The molecular formula is C20H25ClN4O3S. The van der Waals surface area contributed by atoms with Crippen molar-refractivity contribution in [3.05, 3.63) is 35.1 Å². The number of hydrogen-bond donors (Lipinski definition) is 1. The summed E-state index contributed by atoms with van der Waals surface area (Å²) in [5.74, 6) is 1.87. The third kappa shape index (κ3) is 4.54. The van der Waals surface area contributed by atoms with Crippen LogP contribution in [0, 0.1) is 18.8 Å². The van der Waals surface area contributed by atoms with Crippen molar-refractivity contribution in [2.75, 3.05) is 18.8 Å². The number of rotatable bonds is 5. The van der Waals surface area contributed by atoms with Crippen molar-refractivity contribution < 1.29 is 14.6 Å². The number of aryl methyl sites for hydroxylation is 2. The molecule has 4 atom stereocenters. The number of aliphatic hydroxyl groups is 1. The smallest absolute Gasteiger partial charge is 0.233 e. The van der Waals surface area contributed by atoms with Crippen LogP contribution < -0.4 is 4.74 Å². The van der Waals surface area contributed by atoms with Crippen molar-refractivity contribution in [2.45, 2.75) is 37.1 Å². The van der Waals surface area contributed by atoms with Gasteiger partial charge in [0.2, 0.25) is 5.91 Å². The van der Waals surface area contributed by atoms with Crippen molar-refractivity contribution in [2.24, 2.45) is 18.9 Å². The van der Waals surface area contributed by atoms with Gasteiger partial charge in [0.1, 0.15) is 18.2 Å². The monoisotopic (exact) mass is 436 g/mol. The van der Waals surface area contributed by atoms with Crippen molar-refractivity contribution >= 4 is 29.3 Å². The number of aliphatic hydroxyl groups excluding tert-OH is 1. The summed E-state index contributed by atoms with van der Waals surface area (Å²) in [7, 11) is 1.86. The fourth-order valence-corrected chi connectivity index (χ4v) is 5.27. The molecule has 2 fully saturated rings. The van der Waals surface area contributed by atoms with E-state index >= 15 is 0 Å². The molecule has 0 bridgehead atoms. The number of fused-ring (bicyclic) bond motifs is 1. The van der Waals surface area contributed by atoms with Crippen LogP contribution in [0.3, 0.4) is 0 Å². The Hall–Kier alpha value is -1.77. The summed E-state index contributed by atoms with van der Waals surface area (Å²) in [6.07, 6.45) is 2.23. The second-order valence-electron chi connectivity index (χ2n) is 7.94. The van der Waals surface area contributed by atoms with Gasteiger partial charge in [-0.3, -0.25) is 4.79 Å². The Morgan fingerprint density at radius 3 is 2.79 bits per heavy atom. The SMILES string of the molecule is Cc1cc(Cl)ccc1O[C@@H]1C[C@@H]2CN(C(=O)CSc3nncn3C)C[C@@H]2C[C@H]1O. The van der Waals surface area contributed by atoms with Gasteiger partial charge in [-0.2, -0.15) is 0 Å². The molecule has 2 aliphatic rings.